The first-order valence-electron chi connectivity index (χ1n) is 3.60. The maximum atomic E-state index is 8.93. The molecule has 0 aliphatic heterocycles. The highest BCUT2D eigenvalue weighted by Gasteiger charge is 1.75. The molecule has 0 fully saturated rings. The van der Waals surface area contributed by atoms with Crippen molar-refractivity contribution in [2.75, 3.05) is 0 Å². The van der Waals surface area contributed by atoms with E-state index in [1.165, 1.54) is 0 Å². The molecule has 10 heteroatoms. The summed E-state index contributed by atoms with van der Waals surface area (Å²) in [5.74, 6) is -8.74. The maximum absolute atomic E-state index is 8.93. The van der Waals surface area contributed by atoms with Crippen LogP contribution < -0.4 is 20.4 Å². The van der Waals surface area contributed by atoms with Gasteiger partial charge in [0.25, 0.3) is 0 Å². The molecule has 1 heterocycles. The van der Waals surface area contributed by atoms with Gasteiger partial charge >= 0.3 is 0 Å². The minimum absolute atomic E-state index is 0. The van der Waals surface area contributed by atoms with Crippen LogP contribution in [-0.2, 0) is 19.2 Å². The lowest BCUT2D eigenvalue weighted by atomic mass is 10.7. The fraction of sp³-hybridized carbons (Fsp3) is 0. The quantitative estimate of drug-likeness (QED) is 0.418. The van der Waals surface area contributed by atoms with Crippen molar-refractivity contribution in [2.24, 2.45) is 0 Å². The first-order valence-corrected chi connectivity index (χ1v) is 4.55. The molecular weight excluding hydrogens is 272 g/mol. The minimum Gasteiger partial charge on any atom is -0.543 e. The van der Waals surface area contributed by atoms with E-state index >= 15 is 0 Å². The van der Waals surface area contributed by atoms with E-state index in [0.717, 1.165) is 0 Å². The number of carboxylic acids is 4. The van der Waals surface area contributed by atoms with Crippen LogP contribution in [0.2, 0.25) is 0 Å². The first-order chi connectivity index (χ1) is 7.79. The fourth-order valence-electron chi connectivity index (χ4n) is 0.227. The molecule has 0 saturated carbocycles. The molecule has 0 aliphatic carbocycles. The Balaban J connectivity index is -0.000000183. The van der Waals surface area contributed by atoms with Gasteiger partial charge in [0, 0.05) is 0 Å². The van der Waals surface area contributed by atoms with Crippen LogP contribution in [-0.4, -0.2) is 29.4 Å². The number of hydrogen-bond acceptors (Lipinski definition) is 9. The molecule has 0 aliphatic rings. The molecule has 18 heavy (non-hydrogen) atoms. The van der Waals surface area contributed by atoms with Gasteiger partial charge in [0.1, 0.15) is 0 Å². The minimum atomic E-state index is -2.19. The standard InChI is InChI=1S/C4H4S.2C2H2O4.H2O/c1-2-4-5-3-1;2*3-1(4)2(5)6;/h1-4H;2*(H,3,4)(H,5,6);1H2/p-4. The summed E-state index contributed by atoms with van der Waals surface area (Å²) in [7, 11) is 0. The number of rotatable bonds is 0. The smallest absolute Gasteiger partial charge is 0.0870 e. The van der Waals surface area contributed by atoms with Crippen LogP contribution in [0, 0.1) is 0 Å². The Morgan fingerprint density at radius 3 is 0.944 bits per heavy atom. The van der Waals surface area contributed by atoms with Crippen molar-refractivity contribution < 1.29 is 45.1 Å². The van der Waals surface area contributed by atoms with E-state index in [4.69, 9.17) is 39.6 Å². The predicted octanol–water partition coefficient (Wildman–Crippen LogP) is -6.10. The zero-order chi connectivity index (χ0) is 13.8. The van der Waals surface area contributed by atoms with Crippen molar-refractivity contribution >= 4 is 35.2 Å². The van der Waals surface area contributed by atoms with Gasteiger partial charge in [-0.05, 0) is 10.8 Å². The summed E-state index contributed by atoms with van der Waals surface area (Å²) in [4.78, 5) is 35.7. The SMILES string of the molecule is O.O=C([O-])C(=O)[O-].O=C([O-])C(=O)[O-].c1ccsc1. The summed E-state index contributed by atoms with van der Waals surface area (Å²) < 4.78 is 0. The summed E-state index contributed by atoms with van der Waals surface area (Å²) in [6, 6.07) is 4.04. The highest BCUT2D eigenvalue weighted by atomic mass is 32.1. The Hall–Kier alpha value is -2.46. The molecule has 0 radical (unpaired) electrons. The second kappa shape index (κ2) is 12.6. The number of carbonyl (C=O) groups excluding carboxylic acids is 4. The van der Waals surface area contributed by atoms with Gasteiger partial charge in [0.05, 0.1) is 23.9 Å². The molecule has 1 aromatic heterocycles. The van der Waals surface area contributed by atoms with Crippen LogP contribution in [0.1, 0.15) is 0 Å². The third-order valence-electron chi connectivity index (χ3n) is 0.759. The zero-order valence-electron chi connectivity index (χ0n) is 8.48. The first kappa shape index (κ1) is 20.9. The molecule has 0 saturated heterocycles. The molecule has 2 N–H and O–H groups in total. The van der Waals surface area contributed by atoms with Crippen molar-refractivity contribution in [1.29, 1.82) is 0 Å². The topological polar surface area (TPSA) is 192 Å². The van der Waals surface area contributed by atoms with Crippen molar-refractivity contribution in [1.82, 2.24) is 0 Å². The summed E-state index contributed by atoms with van der Waals surface area (Å²) in [5, 5.41) is 39.8. The highest BCUT2D eigenvalue weighted by molar-refractivity contribution is 7.07. The Morgan fingerprint density at radius 2 is 0.889 bits per heavy atom. The van der Waals surface area contributed by atoms with Gasteiger partial charge in [-0.15, -0.1) is 0 Å². The molecule has 1 aromatic rings. The lowest BCUT2D eigenvalue weighted by Crippen LogP contribution is -2.42. The third kappa shape index (κ3) is 19.2. The van der Waals surface area contributed by atoms with Gasteiger partial charge in [0.15, 0.2) is 0 Å². The number of thiophene rings is 1. The Labute approximate surface area is 104 Å². The molecule has 0 spiro atoms. The fourth-order valence-corrected chi connectivity index (χ4v) is 0.680. The van der Waals surface area contributed by atoms with E-state index in [1.807, 2.05) is 22.9 Å². The number of carbonyl (C=O) groups is 4. The van der Waals surface area contributed by atoms with E-state index in [0.29, 0.717) is 0 Å². The van der Waals surface area contributed by atoms with Gasteiger partial charge in [-0.1, -0.05) is 12.1 Å². The van der Waals surface area contributed by atoms with Crippen LogP contribution in [0.25, 0.3) is 0 Å². The molecule has 0 aromatic carbocycles. The van der Waals surface area contributed by atoms with Gasteiger partial charge in [-0.25, -0.2) is 0 Å². The van der Waals surface area contributed by atoms with Gasteiger partial charge in [-0.2, -0.15) is 11.3 Å². The van der Waals surface area contributed by atoms with Crippen LogP contribution in [0.4, 0.5) is 0 Å². The average molecular weight is 278 g/mol. The highest BCUT2D eigenvalue weighted by Crippen LogP contribution is 1.91. The van der Waals surface area contributed by atoms with E-state index in [1.54, 1.807) is 11.3 Å². The molecule has 9 nitrogen and oxygen atoms in total. The third-order valence-corrected chi connectivity index (χ3v) is 1.39. The van der Waals surface area contributed by atoms with Gasteiger partial charge < -0.3 is 45.1 Å². The van der Waals surface area contributed by atoms with Crippen molar-refractivity contribution in [3.63, 3.8) is 0 Å². The van der Waals surface area contributed by atoms with Crippen LogP contribution in [0.15, 0.2) is 22.9 Å². The van der Waals surface area contributed by atoms with E-state index in [9.17, 15) is 0 Å². The van der Waals surface area contributed by atoms with Crippen LogP contribution in [0.5, 0.6) is 0 Å². The molecule has 102 valence electrons. The van der Waals surface area contributed by atoms with Crippen molar-refractivity contribution in [3.8, 4) is 0 Å². The Morgan fingerprint density at radius 1 is 0.667 bits per heavy atom. The molecule has 0 amide bonds. The van der Waals surface area contributed by atoms with Crippen molar-refractivity contribution in [2.45, 2.75) is 0 Å². The van der Waals surface area contributed by atoms with Gasteiger partial charge in [-0.3, -0.25) is 0 Å². The second-order valence-corrected chi connectivity index (χ2v) is 2.76. The maximum Gasteiger partial charge on any atom is 0.0870 e. The number of carboxylic acid groups (broad SMARTS) is 4. The number of hydrogen-bond donors (Lipinski definition) is 0. The van der Waals surface area contributed by atoms with E-state index in [-0.39, 0.29) is 5.48 Å². The van der Waals surface area contributed by atoms with Crippen LogP contribution in [0.3, 0.4) is 0 Å². The van der Waals surface area contributed by atoms with Gasteiger partial charge in [0.2, 0.25) is 0 Å². The van der Waals surface area contributed by atoms with Crippen LogP contribution >= 0.6 is 11.3 Å². The van der Waals surface area contributed by atoms with E-state index < -0.39 is 23.9 Å². The average Bonchev–Trinajstić information content (AvgIpc) is 2.75. The molecule has 0 atom stereocenters. The molecular formula is C8H6O9S-4. The molecule has 1 rings (SSSR count). The molecule has 0 unspecified atom stereocenters. The monoisotopic (exact) mass is 278 g/mol. The summed E-state index contributed by atoms with van der Waals surface area (Å²) >= 11 is 1.71. The molecule has 0 bridgehead atoms. The van der Waals surface area contributed by atoms with E-state index in [2.05, 4.69) is 0 Å². The Kier molecular flexibility index (Phi) is 14.6. The zero-order valence-corrected chi connectivity index (χ0v) is 9.30. The largest absolute Gasteiger partial charge is 0.543 e. The van der Waals surface area contributed by atoms with Crippen molar-refractivity contribution in [3.05, 3.63) is 22.9 Å². The summed E-state index contributed by atoms with van der Waals surface area (Å²) in [6.07, 6.45) is 0. The second-order valence-electron chi connectivity index (χ2n) is 1.94. The summed E-state index contributed by atoms with van der Waals surface area (Å²) in [6.45, 7) is 0. The summed E-state index contributed by atoms with van der Waals surface area (Å²) in [5.41, 5.74) is 0. The Bertz CT molecular complexity index is 305. The number of aliphatic carboxylic acids is 4. The lowest BCUT2D eigenvalue weighted by molar-refractivity contribution is -0.345. The predicted molar refractivity (Wildman–Crippen MR) is 48.0 cm³/mol. The lowest BCUT2D eigenvalue weighted by Gasteiger charge is -1.97. The normalized spacial score (nSPS) is 7.11.